The largest absolute Gasteiger partial charge is 0.397 e. The number of aromatic nitrogens is 1. The summed E-state index contributed by atoms with van der Waals surface area (Å²) in [5.41, 5.74) is 6.72. The predicted octanol–water partition coefficient (Wildman–Crippen LogP) is 3.83. The average Bonchev–Trinajstić information content (AvgIpc) is 2.35. The summed E-state index contributed by atoms with van der Waals surface area (Å²) in [7, 11) is 0. The highest BCUT2D eigenvalue weighted by atomic mass is 127. The van der Waals surface area contributed by atoms with E-state index in [1.54, 1.807) is 12.1 Å². The van der Waals surface area contributed by atoms with Gasteiger partial charge in [0, 0.05) is 3.57 Å². The summed E-state index contributed by atoms with van der Waals surface area (Å²) < 4.78 is 0.979. The fourth-order valence-corrected chi connectivity index (χ4v) is 2.48. The molecule has 19 heavy (non-hydrogen) atoms. The fourth-order valence-electron chi connectivity index (χ4n) is 1.42. The van der Waals surface area contributed by atoms with Gasteiger partial charge in [-0.1, -0.05) is 23.2 Å². The lowest BCUT2D eigenvalue weighted by atomic mass is 10.2. The second-order valence-electron chi connectivity index (χ2n) is 3.67. The molecule has 0 aliphatic carbocycles. The standard InChI is InChI=1S/C12H8Cl2IN3O/c13-8-3-6(15)1-2-10(8)18-12(19)7-4-11(14)17-5-9(7)16/h1-5H,16H2,(H,18,19). The molecule has 1 aromatic carbocycles. The van der Waals surface area contributed by atoms with E-state index in [-0.39, 0.29) is 22.3 Å². The van der Waals surface area contributed by atoms with Crippen molar-refractivity contribution < 1.29 is 4.79 Å². The molecule has 1 aromatic heterocycles. The van der Waals surface area contributed by atoms with Crippen molar-refractivity contribution in [2.24, 2.45) is 0 Å². The molecule has 4 nitrogen and oxygen atoms in total. The van der Waals surface area contributed by atoms with Gasteiger partial charge in [-0.25, -0.2) is 4.98 Å². The van der Waals surface area contributed by atoms with Crippen molar-refractivity contribution in [3.8, 4) is 0 Å². The summed E-state index contributed by atoms with van der Waals surface area (Å²) in [6.07, 6.45) is 1.34. The van der Waals surface area contributed by atoms with Gasteiger partial charge in [-0.3, -0.25) is 4.79 Å². The van der Waals surface area contributed by atoms with Crippen molar-refractivity contribution in [2.75, 3.05) is 11.1 Å². The van der Waals surface area contributed by atoms with Crippen LogP contribution >= 0.6 is 45.8 Å². The lowest BCUT2D eigenvalue weighted by molar-refractivity contribution is 0.102. The number of benzene rings is 1. The number of rotatable bonds is 2. The minimum Gasteiger partial charge on any atom is -0.397 e. The Hall–Kier alpha value is -1.05. The van der Waals surface area contributed by atoms with Gasteiger partial charge in [0.2, 0.25) is 0 Å². The number of hydrogen-bond donors (Lipinski definition) is 2. The molecule has 0 fully saturated rings. The number of carbonyl (C=O) groups is 1. The van der Waals surface area contributed by atoms with E-state index in [4.69, 9.17) is 28.9 Å². The molecule has 1 amide bonds. The zero-order chi connectivity index (χ0) is 14.0. The van der Waals surface area contributed by atoms with Crippen LogP contribution in [-0.4, -0.2) is 10.9 Å². The zero-order valence-electron chi connectivity index (χ0n) is 9.45. The van der Waals surface area contributed by atoms with E-state index >= 15 is 0 Å². The maximum absolute atomic E-state index is 12.1. The minimum absolute atomic E-state index is 0.202. The van der Waals surface area contributed by atoms with Crippen LogP contribution in [0.2, 0.25) is 10.2 Å². The van der Waals surface area contributed by atoms with Crippen molar-refractivity contribution in [1.82, 2.24) is 4.98 Å². The molecule has 98 valence electrons. The molecule has 0 aliphatic rings. The smallest absolute Gasteiger partial charge is 0.257 e. The number of hydrogen-bond acceptors (Lipinski definition) is 3. The summed E-state index contributed by atoms with van der Waals surface area (Å²) in [6, 6.07) is 6.72. The topological polar surface area (TPSA) is 68.0 Å². The first kappa shape index (κ1) is 14.4. The van der Waals surface area contributed by atoms with Crippen molar-refractivity contribution >= 4 is 63.1 Å². The molecule has 0 spiro atoms. The van der Waals surface area contributed by atoms with E-state index < -0.39 is 0 Å². The Balaban J connectivity index is 2.28. The third-order valence-electron chi connectivity index (χ3n) is 2.33. The Morgan fingerprint density at radius 1 is 1.32 bits per heavy atom. The number of pyridine rings is 1. The minimum atomic E-state index is -0.384. The number of amides is 1. The van der Waals surface area contributed by atoms with Crippen LogP contribution in [0.3, 0.4) is 0 Å². The second-order valence-corrected chi connectivity index (χ2v) is 5.71. The number of nitrogens with two attached hydrogens (primary N) is 1. The van der Waals surface area contributed by atoms with Crippen LogP contribution in [0, 0.1) is 3.57 Å². The summed E-state index contributed by atoms with van der Waals surface area (Å²) in [4.78, 5) is 15.9. The molecule has 0 saturated heterocycles. The van der Waals surface area contributed by atoms with Gasteiger partial charge in [0.25, 0.3) is 5.91 Å². The molecule has 3 N–H and O–H groups in total. The highest BCUT2D eigenvalue weighted by molar-refractivity contribution is 14.1. The van der Waals surface area contributed by atoms with E-state index in [0.717, 1.165) is 3.57 Å². The van der Waals surface area contributed by atoms with Gasteiger partial charge >= 0.3 is 0 Å². The number of nitrogens with one attached hydrogen (secondary N) is 1. The van der Waals surface area contributed by atoms with Gasteiger partial charge in [-0.15, -0.1) is 0 Å². The van der Waals surface area contributed by atoms with Crippen LogP contribution in [0.4, 0.5) is 11.4 Å². The summed E-state index contributed by atoms with van der Waals surface area (Å²) in [5.74, 6) is -0.384. The fraction of sp³-hybridized carbons (Fsp3) is 0. The maximum atomic E-state index is 12.1. The first-order valence-corrected chi connectivity index (χ1v) is 6.98. The van der Waals surface area contributed by atoms with Crippen LogP contribution in [0.25, 0.3) is 0 Å². The average molecular weight is 408 g/mol. The Labute approximate surface area is 133 Å². The Kier molecular flexibility index (Phi) is 4.49. The normalized spacial score (nSPS) is 10.3. The Morgan fingerprint density at radius 3 is 2.74 bits per heavy atom. The molecule has 2 aromatic rings. The molecule has 0 radical (unpaired) electrons. The molecule has 2 rings (SSSR count). The number of nitrogens with zero attached hydrogens (tertiary/aromatic N) is 1. The van der Waals surface area contributed by atoms with E-state index in [2.05, 4.69) is 32.9 Å². The third kappa shape index (κ3) is 3.49. The molecule has 0 atom stereocenters. The Morgan fingerprint density at radius 2 is 2.05 bits per heavy atom. The SMILES string of the molecule is Nc1cnc(Cl)cc1C(=O)Nc1ccc(I)cc1Cl. The molecule has 0 aliphatic heterocycles. The molecular formula is C12H8Cl2IN3O. The number of carbonyl (C=O) groups excluding carboxylic acids is 1. The van der Waals surface area contributed by atoms with Gasteiger partial charge < -0.3 is 11.1 Å². The molecule has 0 bridgehead atoms. The number of nitrogen functional groups attached to an aromatic ring is 1. The highest BCUT2D eigenvalue weighted by Gasteiger charge is 2.13. The third-order valence-corrected chi connectivity index (χ3v) is 3.52. The van der Waals surface area contributed by atoms with Crippen molar-refractivity contribution in [3.63, 3.8) is 0 Å². The van der Waals surface area contributed by atoms with E-state index in [1.165, 1.54) is 12.3 Å². The first-order valence-electron chi connectivity index (χ1n) is 5.15. The monoisotopic (exact) mass is 407 g/mol. The van der Waals surface area contributed by atoms with Crippen LogP contribution in [0.5, 0.6) is 0 Å². The van der Waals surface area contributed by atoms with Crippen LogP contribution < -0.4 is 11.1 Å². The van der Waals surface area contributed by atoms with E-state index in [0.29, 0.717) is 10.7 Å². The van der Waals surface area contributed by atoms with Gasteiger partial charge in [-0.2, -0.15) is 0 Å². The second kappa shape index (κ2) is 5.94. The van der Waals surface area contributed by atoms with Crippen LogP contribution in [0.1, 0.15) is 10.4 Å². The molecule has 0 unspecified atom stereocenters. The first-order chi connectivity index (χ1) is 8.97. The quantitative estimate of drug-likeness (QED) is 0.587. The molecule has 0 saturated carbocycles. The van der Waals surface area contributed by atoms with Crippen molar-refractivity contribution in [1.29, 1.82) is 0 Å². The summed E-state index contributed by atoms with van der Waals surface area (Å²) >= 11 is 13.9. The van der Waals surface area contributed by atoms with Gasteiger partial charge in [-0.05, 0) is 46.9 Å². The predicted molar refractivity (Wildman–Crippen MR) is 85.8 cm³/mol. The highest BCUT2D eigenvalue weighted by Crippen LogP contribution is 2.25. The van der Waals surface area contributed by atoms with Crippen molar-refractivity contribution in [2.45, 2.75) is 0 Å². The molecule has 7 heteroatoms. The van der Waals surface area contributed by atoms with Gasteiger partial charge in [0.15, 0.2) is 0 Å². The van der Waals surface area contributed by atoms with Crippen molar-refractivity contribution in [3.05, 3.63) is 49.8 Å². The number of halogens is 3. The lowest BCUT2D eigenvalue weighted by Crippen LogP contribution is -2.14. The van der Waals surface area contributed by atoms with Crippen LogP contribution in [0.15, 0.2) is 30.5 Å². The van der Waals surface area contributed by atoms with Crippen LogP contribution in [-0.2, 0) is 0 Å². The van der Waals surface area contributed by atoms with E-state index in [9.17, 15) is 4.79 Å². The molecular weight excluding hydrogens is 400 g/mol. The summed E-state index contributed by atoms with van der Waals surface area (Å²) in [5, 5.41) is 3.34. The Bertz CT molecular complexity index is 649. The summed E-state index contributed by atoms with van der Waals surface area (Å²) in [6.45, 7) is 0. The van der Waals surface area contributed by atoms with E-state index in [1.807, 2.05) is 6.07 Å². The molecule has 1 heterocycles. The van der Waals surface area contributed by atoms with Gasteiger partial charge in [0.05, 0.1) is 28.2 Å². The lowest BCUT2D eigenvalue weighted by Gasteiger charge is -2.09. The van der Waals surface area contributed by atoms with Gasteiger partial charge in [0.1, 0.15) is 5.15 Å². The number of anilines is 2. The zero-order valence-corrected chi connectivity index (χ0v) is 13.1. The maximum Gasteiger partial charge on any atom is 0.257 e.